The number of rotatable bonds is 4. The zero-order chi connectivity index (χ0) is 21.3. The Morgan fingerprint density at radius 1 is 1.00 bits per heavy atom. The highest BCUT2D eigenvalue weighted by Gasteiger charge is 2.33. The van der Waals surface area contributed by atoms with Crippen molar-refractivity contribution >= 4 is 5.82 Å². The van der Waals surface area contributed by atoms with Gasteiger partial charge in [0.2, 0.25) is 0 Å². The highest BCUT2D eigenvalue weighted by Crippen LogP contribution is 2.31. The maximum absolute atomic E-state index is 14.1. The van der Waals surface area contributed by atoms with Crippen LogP contribution in [0.5, 0.6) is 6.01 Å². The van der Waals surface area contributed by atoms with Crippen molar-refractivity contribution < 1.29 is 22.3 Å². The van der Waals surface area contributed by atoms with Gasteiger partial charge < -0.3 is 9.64 Å². The van der Waals surface area contributed by atoms with E-state index in [-0.39, 0.29) is 17.9 Å². The summed E-state index contributed by atoms with van der Waals surface area (Å²) in [6.07, 6.45) is 3.78. The third-order valence-electron chi connectivity index (χ3n) is 4.83. The third-order valence-corrected chi connectivity index (χ3v) is 4.83. The molecule has 1 saturated heterocycles. The van der Waals surface area contributed by atoms with Crippen molar-refractivity contribution in [3.63, 3.8) is 0 Å². The number of halogens is 4. The standard InChI is InChI=1S/C19H18F4N6O/c1-28-11-13(9-27-28)12-7-25-18(26-8-12)30-15-2-4-29(5-3-15)17-16(20)6-14(10-24-17)19(21,22)23/h6-11,15H,2-5H2,1H3. The molecule has 0 atom stereocenters. The zero-order valence-electron chi connectivity index (χ0n) is 16.0. The molecule has 0 radical (unpaired) electrons. The monoisotopic (exact) mass is 422 g/mol. The maximum Gasteiger partial charge on any atom is 0.417 e. The van der Waals surface area contributed by atoms with Gasteiger partial charge >= 0.3 is 12.2 Å². The van der Waals surface area contributed by atoms with Gasteiger partial charge in [-0.05, 0) is 6.07 Å². The fraction of sp³-hybridized carbons (Fsp3) is 0.368. The predicted octanol–water partition coefficient (Wildman–Crippen LogP) is 3.48. The molecule has 0 saturated carbocycles. The van der Waals surface area contributed by atoms with Crippen LogP contribution in [0.1, 0.15) is 18.4 Å². The third kappa shape index (κ3) is 4.34. The summed E-state index contributed by atoms with van der Waals surface area (Å²) in [7, 11) is 1.82. The van der Waals surface area contributed by atoms with Crippen LogP contribution in [-0.2, 0) is 13.2 Å². The molecule has 0 N–H and O–H groups in total. The Morgan fingerprint density at radius 3 is 2.27 bits per heavy atom. The molecule has 0 spiro atoms. The van der Waals surface area contributed by atoms with E-state index in [1.165, 1.54) is 0 Å². The number of alkyl halides is 3. The van der Waals surface area contributed by atoms with Crippen LogP contribution in [0.2, 0.25) is 0 Å². The molecule has 0 bridgehead atoms. The van der Waals surface area contributed by atoms with Crippen molar-refractivity contribution in [1.29, 1.82) is 0 Å². The number of aryl methyl sites for hydroxylation is 1. The number of piperidine rings is 1. The fourth-order valence-corrected chi connectivity index (χ4v) is 3.25. The molecule has 7 nitrogen and oxygen atoms in total. The molecule has 4 rings (SSSR count). The molecular formula is C19H18F4N6O. The molecule has 3 aromatic heterocycles. The molecular weight excluding hydrogens is 404 g/mol. The summed E-state index contributed by atoms with van der Waals surface area (Å²) in [4.78, 5) is 13.7. The Kier molecular flexibility index (Phi) is 5.27. The predicted molar refractivity (Wildman–Crippen MR) is 99.3 cm³/mol. The highest BCUT2D eigenvalue weighted by atomic mass is 19.4. The van der Waals surface area contributed by atoms with Crippen LogP contribution in [0.4, 0.5) is 23.4 Å². The first-order valence-electron chi connectivity index (χ1n) is 9.25. The molecule has 0 unspecified atom stereocenters. The van der Waals surface area contributed by atoms with E-state index in [2.05, 4.69) is 20.1 Å². The van der Waals surface area contributed by atoms with Gasteiger partial charge in [-0.15, -0.1) is 0 Å². The van der Waals surface area contributed by atoms with Gasteiger partial charge in [0.1, 0.15) is 6.10 Å². The van der Waals surface area contributed by atoms with Crippen LogP contribution in [0, 0.1) is 5.82 Å². The number of hydrogen-bond donors (Lipinski definition) is 0. The second-order valence-corrected chi connectivity index (χ2v) is 6.99. The van der Waals surface area contributed by atoms with Crippen LogP contribution in [-0.4, -0.2) is 43.9 Å². The minimum absolute atomic E-state index is 0.0847. The Bertz CT molecular complexity index is 1010. The lowest BCUT2D eigenvalue weighted by Crippen LogP contribution is -2.39. The van der Waals surface area contributed by atoms with Crippen molar-refractivity contribution in [3.8, 4) is 17.1 Å². The molecule has 1 aliphatic rings. The Balaban J connectivity index is 1.35. The first-order valence-corrected chi connectivity index (χ1v) is 9.25. The van der Waals surface area contributed by atoms with E-state index >= 15 is 0 Å². The van der Waals surface area contributed by atoms with Crippen LogP contribution < -0.4 is 9.64 Å². The first kappa shape index (κ1) is 20.0. The average molecular weight is 422 g/mol. The molecule has 11 heteroatoms. The zero-order valence-corrected chi connectivity index (χ0v) is 16.0. The molecule has 3 aromatic rings. The molecule has 1 fully saturated rings. The Hall–Kier alpha value is -3.24. The fourth-order valence-electron chi connectivity index (χ4n) is 3.25. The van der Waals surface area contributed by atoms with E-state index in [4.69, 9.17) is 4.74 Å². The summed E-state index contributed by atoms with van der Waals surface area (Å²) in [6.45, 7) is 0.793. The van der Waals surface area contributed by atoms with E-state index < -0.39 is 17.6 Å². The van der Waals surface area contributed by atoms with Gasteiger partial charge in [0.05, 0.1) is 11.8 Å². The second-order valence-electron chi connectivity index (χ2n) is 6.99. The molecule has 0 aromatic carbocycles. The number of hydrogen-bond acceptors (Lipinski definition) is 6. The van der Waals surface area contributed by atoms with Crippen molar-refractivity contribution in [2.75, 3.05) is 18.0 Å². The average Bonchev–Trinajstić information content (AvgIpc) is 3.15. The number of pyridine rings is 1. The van der Waals surface area contributed by atoms with Gasteiger partial charge in [0.15, 0.2) is 11.6 Å². The normalized spacial score (nSPS) is 15.4. The Morgan fingerprint density at radius 2 is 1.70 bits per heavy atom. The maximum atomic E-state index is 14.1. The van der Waals surface area contributed by atoms with Crippen molar-refractivity contribution in [1.82, 2.24) is 24.7 Å². The quantitative estimate of drug-likeness (QED) is 0.600. The van der Waals surface area contributed by atoms with Gasteiger partial charge in [0, 0.05) is 68.9 Å². The highest BCUT2D eigenvalue weighted by molar-refractivity contribution is 5.59. The van der Waals surface area contributed by atoms with E-state index in [0.29, 0.717) is 38.2 Å². The Labute approximate surface area is 169 Å². The summed E-state index contributed by atoms with van der Waals surface area (Å²) in [5.74, 6) is -1.07. The molecule has 30 heavy (non-hydrogen) atoms. The molecule has 4 heterocycles. The van der Waals surface area contributed by atoms with Gasteiger partial charge in [0.25, 0.3) is 0 Å². The minimum Gasteiger partial charge on any atom is -0.460 e. The summed E-state index contributed by atoms with van der Waals surface area (Å²) < 4.78 is 59.6. The van der Waals surface area contributed by atoms with Gasteiger partial charge in [-0.1, -0.05) is 0 Å². The van der Waals surface area contributed by atoms with Gasteiger partial charge in [-0.2, -0.15) is 18.3 Å². The second kappa shape index (κ2) is 7.88. The smallest absolute Gasteiger partial charge is 0.417 e. The van der Waals surface area contributed by atoms with Crippen molar-refractivity contribution in [2.24, 2.45) is 7.05 Å². The molecule has 0 aliphatic carbocycles. The molecule has 0 amide bonds. The van der Waals surface area contributed by atoms with Crippen LogP contribution in [0.15, 0.2) is 37.1 Å². The topological polar surface area (TPSA) is 69.0 Å². The molecule has 158 valence electrons. The van der Waals surface area contributed by atoms with E-state index in [1.807, 2.05) is 13.2 Å². The largest absolute Gasteiger partial charge is 0.460 e. The summed E-state index contributed by atoms with van der Waals surface area (Å²) in [5.41, 5.74) is 0.603. The summed E-state index contributed by atoms with van der Waals surface area (Å²) >= 11 is 0. The lowest BCUT2D eigenvalue weighted by Gasteiger charge is -2.32. The lowest BCUT2D eigenvalue weighted by atomic mass is 10.1. The minimum atomic E-state index is -4.63. The number of nitrogens with zero attached hydrogens (tertiary/aromatic N) is 6. The first-order chi connectivity index (χ1) is 14.3. The number of ether oxygens (including phenoxy) is 1. The van der Waals surface area contributed by atoms with Gasteiger partial charge in [-0.25, -0.2) is 19.3 Å². The van der Waals surface area contributed by atoms with Crippen LogP contribution >= 0.6 is 0 Å². The van der Waals surface area contributed by atoms with Crippen molar-refractivity contribution in [2.45, 2.75) is 25.1 Å². The van der Waals surface area contributed by atoms with Crippen LogP contribution in [0.3, 0.4) is 0 Å². The summed E-state index contributed by atoms with van der Waals surface area (Å²) in [5, 5.41) is 4.10. The van der Waals surface area contributed by atoms with E-state index in [9.17, 15) is 17.6 Å². The number of aromatic nitrogens is 5. The molecule has 1 aliphatic heterocycles. The van der Waals surface area contributed by atoms with Crippen LogP contribution in [0.25, 0.3) is 11.1 Å². The SMILES string of the molecule is Cn1cc(-c2cnc(OC3CCN(c4ncc(C(F)(F)F)cc4F)CC3)nc2)cn1. The van der Waals surface area contributed by atoms with Crippen molar-refractivity contribution in [3.05, 3.63) is 48.4 Å². The van der Waals surface area contributed by atoms with E-state index in [1.54, 1.807) is 28.2 Å². The van der Waals surface area contributed by atoms with Gasteiger partial charge in [-0.3, -0.25) is 4.68 Å². The van der Waals surface area contributed by atoms with E-state index in [0.717, 1.165) is 11.1 Å². The summed E-state index contributed by atoms with van der Waals surface area (Å²) in [6, 6.07) is 0.711. The number of anilines is 1. The lowest BCUT2D eigenvalue weighted by molar-refractivity contribution is -0.138.